The smallest absolute Gasteiger partial charge is 0.333 e. The molecule has 1 aliphatic heterocycles. The van der Waals surface area contributed by atoms with Crippen LogP contribution in [-0.2, 0) is 14.1 Å². The van der Waals surface area contributed by atoms with E-state index in [0.717, 1.165) is 9.13 Å². The van der Waals surface area contributed by atoms with E-state index >= 15 is 0 Å². The maximum atomic E-state index is 13.0. The molecular weight excluding hydrogens is 380 g/mol. The highest BCUT2D eigenvalue weighted by atomic mass is 16.5. The van der Waals surface area contributed by atoms with E-state index in [1.807, 2.05) is 6.07 Å². The minimum atomic E-state index is -0.941. The van der Waals surface area contributed by atoms with Gasteiger partial charge >= 0.3 is 5.69 Å². The van der Waals surface area contributed by atoms with Gasteiger partial charge in [0.2, 0.25) is 17.5 Å². The van der Waals surface area contributed by atoms with Gasteiger partial charge in [0, 0.05) is 19.7 Å². The molecule has 0 fully saturated rings. The zero-order valence-electron chi connectivity index (χ0n) is 16.6. The Balaban J connectivity index is 2.47. The van der Waals surface area contributed by atoms with E-state index in [1.54, 1.807) is 12.1 Å². The second kappa shape index (κ2) is 7.27. The van der Waals surface area contributed by atoms with Gasteiger partial charge in [-0.1, -0.05) is 6.07 Å². The molecule has 152 valence electrons. The lowest BCUT2D eigenvalue weighted by Gasteiger charge is -2.28. The van der Waals surface area contributed by atoms with Crippen LogP contribution in [0.15, 0.2) is 33.2 Å². The fourth-order valence-corrected chi connectivity index (χ4v) is 3.45. The second-order valence-electron chi connectivity index (χ2n) is 6.27. The number of fused-ring (bicyclic) bond motifs is 1. The highest BCUT2D eigenvalue weighted by molar-refractivity contribution is 5.63. The van der Waals surface area contributed by atoms with E-state index in [2.05, 4.69) is 0 Å². The summed E-state index contributed by atoms with van der Waals surface area (Å²) in [5.41, 5.74) is 5.32. The third-order valence-corrected chi connectivity index (χ3v) is 4.86. The summed E-state index contributed by atoms with van der Waals surface area (Å²) in [6, 6.07) is 5.28. The van der Waals surface area contributed by atoms with Crippen LogP contribution in [0.1, 0.15) is 17.0 Å². The maximum Gasteiger partial charge on any atom is 0.333 e. The van der Waals surface area contributed by atoms with Crippen molar-refractivity contribution in [2.75, 3.05) is 21.3 Å². The van der Waals surface area contributed by atoms with Crippen molar-refractivity contribution >= 4 is 0 Å². The molecule has 10 heteroatoms. The Bertz CT molecular complexity index is 1190. The number of nitriles is 1. The lowest BCUT2D eigenvalue weighted by molar-refractivity contribution is 0.319. The first kappa shape index (κ1) is 19.9. The second-order valence-corrected chi connectivity index (χ2v) is 6.27. The van der Waals surface area contributed by atoms with Gasteiger partial charge in [0.25, 0.3) is 5.56 Å². The molecule has 2 aromatic rings. The normalized spacial score (nSPS) is 15.2. The molecular formula is C19H20N4O6. The fraction of sp³-hybridized carbons (Fsp3) is 0.316. The molecule has 0 amide bonds. The summed E-state index contributed by atoms with van der Waals surface area (Å²) in [6.07, 6.45) is 0. The molecule has 29 heavy (non-hydrogen) atoms. The summed E-state index contributed by atoms with van der Waals surface area (Å²) < 4.78 is 23.9. The first-order chi connectivity index (χ1) is 13.8. The van der Waals surface area contributed by atoms with E-state index in [9.17, 15) is 14.9 Å². The van der Waals surface area contributed by atoms with Gasteiger partial charge in [-0.3, -0.25) is 13.9 Å². The molecule has 0 spiro atoms. The number of ether oxygens (including phenoxy) is 4. The highest BCUT2D eigenvalue weighted by Crippen LogP contribution is 2.48. The third kappa shape index (κ3) is 2.79. The van der Waals surface area contributed by atoms with Gasteiger partial charge in [-0.2, -0.15) is 5.26 Å². The number of rotatable bonds is 4. The number of allylic oxidation sites excluding steroid dienone is 1. The molecule has 1 aliphatic rings. The monoisotopic (exact) mass is 400 g/mol. The van der Waals surface area contributed by atoms with Crippen molar-refractivity contribution in [3.63, 3.8) is 0 Å². The van der Waals surface area contributed by atoms with E-state index in [4.69, 9.17) is 24.7 Å². The molecule has 1 atom stereocenters. The number of nitrogens with two attached hydrogens (primary N) is 1. The van der Waals surface area contributed by atoms with E-state index in [0.29, 0.717) is 11.3 Å². The Morgan fingerprint density at radius 2 is 1.72 bits per heavy atom. The van der Waals surface area contributed by atoms with Crippen molar-refractivity contribution in [1.29, 1.82) is 5.26 Å². The minimum Gasteiger partial charge on any atom is -0.493 e. The van der Waals surface area contributed by atoms with Gasteiger partial charge in [0.05, 0.1) is 32.8 Å². The summed E-state index contributed by atoms with van der Waals surface area (Å²) in [5, 5.41) is 9.75. The molecule has 0 saturated heterocycles. The van der Waals surface area contributed by atoms with Crippen molar-refractivity contribution in [3.05, 3.63) is 55.6 Å². The van der Waals surface area contributed by atoms with Crippen molar-refractivity contribution in [3.8, 4) is 29.2 Å². The average molecular weight is 400 g/mol. The molecule has 10 nitrogen and oxygen atoms in total. The topological polar surface area (TPSA) is 131 Å². The zero-order chi connectivity index (χ0) is 21.5. The summed E-state index contributed by atoms with van der Waals surface area (Å²) in [6.45, 7) is 0. The Morgan fingerprint density at radius 1 is 1.07 bits per heavy atom. The number of hydrogen-bond acceptors (Lipinski definition) is 8. The summed E-state index contributed by atoms with van der Waals surface area (Å²) in [7, 11) is 7.15. The quantitative estimate of drug-likeness (QED) is 0.777. The minimum absolute atomic E-state index is 0.0127. The first-order valence-corrected chi connectivity index (χ1v) is 8.48. The molecule has 0 saturated carbocycles. The van der Waals surface area contributed by atoms with Gasteiger partial charge in [-0.15, -0.1) is 0 Å². The predicted molar refractivity (Wildman–Crippen MR) is 102 cm³/mol. The number of hydrogen-bond donors (Lipinski definition) is 1. The molecule has 0 radical (unpaired) electrons. The van der Waals surface area contributed by atoms with E-state index in [-0.39, 0.29) is 34.4 Å². The van der Waals surface area contributed by atoms with Gasteiger partial charge in [0.1, 0.15) is 11.6 Å². The van der Waals surface area contributed by atoms with Crippen molar-refractivity contribution in [2.45, 2.75) is 5.92 Å². The largest absolute Gasteiger partial charge is 0.493 e. The zero-order valence-corrected chi connectivity index (χ0v) is 16.6. The summed E-state index contributed by atoms with van der Waals surface area (Å²) in [4.78, 5) is 25.3. The van der Waals surface area contributed by atoms with Crippen LogP contribution in [0.5, 0.6) is 23.1 Å². The average Bonchev–Trinajstić information content (AvgIpc) is 2.73. The Hall–Kier alpha value is -3.87. The molecule has 3 rings (SSSR count). The lowest BCUT2D eigenvalue weighted by Crippen LogP contribution is -2.42. The Labute approximate surface area is 165 Å². The van der Waals surface area contributed by atoms with Crippen molar-refractivity contribution < 1.29 is 18.9 Å². The fourth-order valence-electron chi connectivity index (χ4n) is 3.45. The van der Waals surface area contributed by atoms with Gasteiger partial charge in [-0.25, -0.2) is 4.79 Å². The third-order valence-electron chi connectivity index (χ3n) is 4.86. The van der Waals surface area contributed by atoms with Crippen molar-refractivity contribution in [2.24, 2.45) is 19.8 Å². The maximum absolute atomic E-state index is 13.0. The molecule has 2 N–H and O–H groups in total. The Morgan fingerprint density at radius 3 is 2.28 bits per heavy atom. The van der Waals surface area contributed by atoms with Crippen LogP contribution in [0, 0.1) is 11.3 Å². The summed E-state index contributed by atoms with van der Waals surface area (Å²) >= 11 is 0. The lowest BCUT2D eigenvalue weighted by atomic mass is 9.84. The Kier molecular flexibility index (Phi) is 4.99. The van der Waals surface area contributed by atoms with Crippen LogP contribution < -0.4 is 35.9 Å². The van der Waals surface area contributed by atoms with Gasteiger partial charge in [0.15, 0.2) is 11.5 Å². The highest BCUT2D eigenvalue weighted by Gasteiger charge is 2.38. The first-order valence-electron chi connectivity index (χ1n) is 8.48. The van der Waals surface area contributed by atoms with Crippen LogP contribution in [-0.4, -0.2) is 30.5 Å². The molecule has 1 aromatic carbocycles. The van der Waals surface area contributed by atoms with Crippen molar-refractivity contribution in [1.82, 2.24) is 9.13 Å². The van der Waals surface area contributed by atoms with E-state index in [1.165, 1.54) is 35.4 Å². The van der Waals surface area contributed by atoms with E-state index < -0.39 is 17.2 Å². The predicted octanol–water partition coefficient (Wildman–Crippen LogP) is 0.328. The number of nitrogens with zero attached hydrogens (tertiary/aromatic N) is 3. The van der Waals surface area contributed by atoms with Gasteiger partial charge in [-0.05, 0) is 6.07 Å². The number of aromatic nitrogens is 2. The number of methoxy groups -OCH3 is 3. The van der Waals surface area contributed by atoms with Crippen LogP contribution in [0.3, 0.4) is 0 Å². The van der Waals surface area contributed by atoms with Gasteiger partial charge < -0.3 is 24.7 Å². The molecule has 2 heterocycles. The van der Waals surface area contributed by atoms with Crippen LogP contribution in [0.2, 0.25) is 0 Å². The molecule has 0 bridgehead atoms. The molecule has 0 aliphatic carbocycles. The standard InChI is InChI=1S/C19H20N4O6/c1-22-17(24)13-12(9-6-7-11(26-3)15(28-5)14(9)27-4)10(8-20)16(21)29-18(13)23(2)19(22)25/h6-7,12H,21H2,1-5H3. The van der Waals surface area contributed by atoms with Crippen LogP contribution >= 0.6 is 0 Å². The number of benzene rings is 1. The molecule has 1 aromatic heterocycles. The molecule has 1 unspecified atom stereocenters. The van der Waals surface area contributed by atoms with Crippen LogP contribution in [0.25, 0.3) is 0 Å². The summed E-state index contributed by atoms with van der Waals surface area (Å²) in [5.74, 6) is -0.214. The van der Waals surface area contributed by atoms with Crippen LogP contribution in [0.4, 0.5) is 0 Å². The SMILES string of the molecule is COc1ccc(C2C(C#N)=C(N)Oc3c2c(=O)n(C)c(=O)n3C)c(OC)c1OC.